The summed E-state index contributed by atoms with van der Waals surface area (Å²) >= 11 is 0. The number of aryl methyl sites for hydroxylation is 1. The molecule has 4 aromatic rings. The fourth-order valence-electron chi connectivity index (χ4n) is 6.69. The third-order valence-corrected chi connectivity index (χ3v) is 9.24. The van der Waals surface area contributed by atoms with E-state index in [1.165, 1.54) is 27.8 Å². The highest BCUT2D eigenvalue weighted by atomic mass is 14.9. The largest absolute Gasteiger partial charge is 0.397 e. The van der Waals surface area contributed by atoms with Crippen LogP contribution in [0.1, 0.15) is 58.3 Å². The van der Waals surface area contributed by atoms with Gasteiger partial charge >= 0.3 is 0 Å². The first-order valence-corrected chi connectivity index (χ1v) is 15.9. The van der Waals surface area contributed by atoms with E-state index in [-0.39, 0.29) is 12.1 Å². The van der Waals surface area contributed by atoms with Gasteiger partial charge in [-0.05, 0) is 94.1 Å². The zero-order valence-corrected chi connectivity index (χ0v) is 25.7. The first kappa shape index (κ1) is 27.8. The number of nitrogens with one attached hydrogen (secondary N) is 2. The Balaban J connectivity index is 0.996. The molecule has 1 aromatic heterocycles. The highest BCUT2D eigenvalue weighted by Gasteiger charge is 2.22. The molecular weight excluding hydrogens is 562 g/mol. The zero-order chi connectivity index (χ0) is 31.0. The number of benzene rings is 3. The fourth-order valence-corrected chi connectivity index (χ4v) is 6.69. The van der Waals surface area contributed by atoms with Gasteiger partial charge in [-0.15, -0.1) is 0 Å². The molecule has 4 N–H and O–H groups in total. The van der Waals surface area contributed by atoms with Crippen molar-refractivity contribution in [3.8, 4) is 0 Å². The Morgan fingerprint density at radius 2 is 1.65 bits per heavy atom. The Morgan fingerprint density at radius 3 is 2.50 bits per heavy atom. The van der Waals surface area contributed by atoms with Crippen LogP contribution in [0, 0.1) is 0 Å². The number of rotatable bonds is 5. The summed E-state index contributed by atoms with van der Waals surface area (Å²) in [6, 6.07) is 23.9. The average molecular weight is 598 g/mol. The van der Waals surface area contributed by atoms with Crippen LogP contribution in [0.4, 0.5) is 17.1 Å². The van der Waals surface area contributed by atoms with E-state index < -0.39 is 0 Å². The molecule has 3 aromatic carbocycles. The number of hydrogen-bond donors (Lipinski definition) is 3. The highest BCUT2D eigenvalue weighted by Crippen LogP contribution is 2.38. The maximum Gasteiger partial charge on any atom is 0.0707 e. The van der Waals surface area contributed by atoms with Gasteiger partial charge in [0.1, 0.15) is 0 Å². The summed E-state index contributed by atoms with van der Waals surface area (Å²) in [5.41, 5.74) is 22.2. The molecular formula is C41H35N5. The summed E-state index contributed by atoms with van der Waals surface area (Å²) in [6.45, 7) is 2.01. The van der Waals surface area contributed by atoms with Crippen molar-refractivity contribution in [2.24, 2.45) is 4.99 Å². The van der Waals surface area contributed by atoms with Crippen molar-refractivity contribution >= 4 is 46.2 Å². The van der Waals surface area contributed by atoms with E-state index in [4.69, 9.17) is 10.7 Å². The smallest absolute Gasteiger partial charge is 0.0707 e. The monoisotopic (exact) mass is 597 g/mol. The van der Waals surface area contributed by atoms with E-state index in [1.54, 1.807) is 0 Å². The van der Waals surface area contributed by atoms with Gasteiger partial charge in [0.15, 0.2) is 0 Å². The lowest BCUT2D eigenvalue weighted by atomic mass is 9.89. The van der Waals surface area contributed by atoms with E-state index in [1.807, 2.05) is 43.6 Å². The highest BCUT2D eigenvalue weighted by molar-refractivity contribution is 6.03. The van der Waals surface area contributed by atoms with Gasteiger partial charge < -0.3 is 16.4 Å². The molecule has 2 unspecified atom stereocenters. The molecule has 2 atom stereocenters. The number of nitrogens with zero attached hydrogens (tertiary/aromatic N) is 2. The van der Waals surface area contributed by atoms with E-state index >= 15 is 0 Å². The number of nitrogen functional groups attached to an aromatic ring is 1. The van der Waals surface area contributed by atoms with Crippen LogP contribution in [0.15, 0.2) is 132 Å². The lowest BCUT2D eigenvalue weighted by Gasteiger charge is -2.28. The van der Waals surface area contributed by atoms with Crippen LogP contribution in [0.25, 0.3) is 23.4 Å². The van der Waals surface area contributed by atoms with Gasteiger partial charge in [-0.3, -0.25) is 9.98 Å². The maximum absolute atomic E-state index is 6.53. The predicted octanol–water partition coefficient (Wildman–Crippen LogP) is 8.84. The van der Waals surface area contributed by atoms with E-state index in [0.717, 1.165) is 63.6 Å². The third kappa shape index (κ3) is 5.20. The number of dihydropyridines is 1. The molecule has 0 bridgehead atoms. The summed E-state index contributed by atoms with van der Waals surface area (Å²) in [4.78, 5) is 9.21. The molecule has 0 amide bonds. The average Bonchev–Trinajstić information content (AvgIpc) is 3.12. The van der Waals surface area contributed by atoms with Crippen LogP contribution in [-0.4, -0.2) is 16.7 Å². The number of nitrogens with two attached hydrogens (primary N) is 1. The molecule has 0 spiro atoms. The van der Waals surface area contributed by atoms with Gasteiger partial charge in [0.2, 0.25) is 0 Å². The van der Waals surface area contributed by atoms with Crippen LogP contribution in [0.2, 0.25) is 0 Å². The normalized spacial score (nSPS) is 19.5. The molecule has 0 radical (unpaired) electrons. The molecule has 4 aliphatic rings. The first-order chi connectivity index (χ1) is 22.6. The predicted molar refractivity (Wildman–Crippen MR) is 193 cm³/mol. The lowest BCUT2D eigenvalue weighted by molar-refractivity contribution is 0.815. The maximum atomic E-state index is 6.53. The Hall–Kier alpha value is -5.68. The van der Waals surface area contributed by atoms with Crippen molar-refractivity contribution in [1.82, 2.24) is 10.3 Å². The number of fused-ring (bicyclic) bond motifs is 3. The molecule has 4 heterocycles. The van der Waals surface area contributed by atoms with Crippen LogP contribution in [0.5, 0.6) is 0 Å². The number of anilines is 2. The van der Waals surface area contributed by atoms with Gasteiger partial charge in [0, 0.05) is 23.8 Å². The Kier molecular flexibility index (Phi) is 7.07. The second-order valence-corrected chi connectivity index (χ2v) is 12.1. The second-order valence-electron chi connectivity index (χ2n) is 12.1. The molecule has 5 heteroatoms. The molecule has 224 valence electrons. The second kappa shape index (κ2) is 11.7. The first-order valence-electron chi connectivity index (χ1n) is 15.9. The minimum Gasteiger partial charge on any atom is -0.397 e. The molecule has 3 aliphatic heterocycles. The minimum atomic E-state index is 0.0598. The van der Waals surface area contributed by atoms with Crippen molar-refractivity contribution in [3.63, 3.8) is 0 Å². The van der Waals surface area contributed by atoms with Crippen molar-refractivity contribution in [2.75, 3.05) is 11.1 Å². The van der Waals surface area contributed by atoms with Crippen LogP contribution in [-0.2, 0) is 6.42 Å². The van der Waals surface area contributed by atoms with Crippen molar-refractivity contribution in [1.29, 1.82) is 0 Å². The Bertz CT molecular complexity index is 2060. The number of hydrogen-bond acceptors (Lipinski definition) is 5. The molecule has 5 nitrogen and oxygen atoms in total. The van der Waals surface area contributed by atoms with Crippen molar-refractivity contribution in [3.05, 3.63) is 166 Å². The van der Waals surface area contributed by atoms with Gasteiger partial charge in [-0.25, -0.2) is 0 Å². The Labute approximate surface area is 270 Å². The summed E-state index contributed by atoms with van der Waals surface area (Å²) in [7, 11) is 0. The number of aromatic nitrogens is 1. The molecule has 46 heavy (non-hydrogen) atoms. The van der Waals surface area contributed by atoms with Crippen LogP contribution >= 0.6 is 0 Å². The standard InChI is InChI=1S/C41H35N5/c1-2-3-31-10-11-32-16-19-36(46-41(32)40(31)42)27-6-4-26(5-7-27)33-12-8-28-15-18-37(45-38(28)24-33)34-13-9-29-14-17-35(44-39(29)25-34)30-20-22-43-23-21-30/h2-13,15-16,18-25,36,38,45-46H,14,17,42H2,1H3/b3-2-. The van der Waals surface area contributed by atoms with Crippen molar-refractivity contribution < 1.29 is 0 Å². The van der Waals surface area contributed by atoms with Gasteiger partial charge in [-0.2, -0.15) is 0 Å². The Morgan fingerprint density at radius 1 is 0.804 bits per heavy atom. The quantitative estimate of drug-likeness (QED) is 0.201. The molecule has 0 fully saturated rings. The molecule has 0 saturated carbocycles. The fraction of sp³-hybridized carbons (Fsp3) is 0.122. The summed E-state index contributed by atoms with van der Waals surface area (Å²) in [5.74, 6) is 0. The van der Waals surface area contributed by atoms with E-state index in [2.05, 4.69) is 113 Å². The van der Waals surface area contributed by atoms with Crippen LogP contribution < -0.4 is 16.4 Å². The van der Waals surface area contributed by atoms with E-state index in [9.17, 15) is 0 Å². The SMILES string of the molecule is C/C=C\c1ccc2c(c1N)NC(c1ccc(C3=CC4NC(c5ccc6c(c5)N=C(c5ccncc5)CC6)=CC=C4C=C3)cc1)C=C2. The third-order valence-electron chi connectivity index (χ3n) is 9.24. The lowest BCUT2D eigenvalue weighted by Crippen LogP contribution is -2.31. The minimum absolute atomic E-state index is 0.0598. The van der Waals surface area contributed by atoms with Gasteiger partial charge in [-0.1, -0.05) is 97.1 Å². The zero-order valence-electron chi connectivity index (χ0n) is 25.7. The summed E-state index contributed by atoms with van der Waals surface area (Å²) in [6.07, 6.45) is 25.2. The van der Waals surface area contributed by atoms with E-state index in [0.29, 0.717) is 0 Å². The van der Waals surface area contributed by atoms with Gasteiger partial charge in [0.25, 0.3) is 0 Å². The summed E-state index contributed by atoms with van der Waals surface area (Å²) < 4.78 is 0. The van der Waals surface area contributed by atoms with Crippen LogP contribution in [0.3, 0.4) is 0 Å². The number of pyridine rings is 1. The number of allylic oxidation sites excluding steroid dienone is 5. The van der Waals surface area contributed by atoms with Crippen molar-refractivity contribution in [2.45, 2.75) is 31.8 Å². The molecule has 8 rings (SSSR count). The number of aliphatic imine (C=N–C) groups is 1. The summed E-state index contributed by atoms with van der Waals surface area (Å²) in [5, 5.41) is 7.44. The topological polar surface area (TPSA) is 75.3 Å². The molecule has 1 aliphatic carbocycles. The van der Waals surface area contributed by atoms with Gasteiger partial charge in [0.05, 0.1) is 29.1 Å². The molecule has 0 saturated heterocycles.